The van der Waals surface area contributed by atoms with Crippen LogP contribution in [-0.4, -0.2) is 36.3 Å². The van der Waals surface area contributed by atoms with E-state index in [0.29, 0.717) is 11.6 Å². The lowest BCUT2D eigenvalue weighted by molar-refractivity contribution is -0.135. The predicted octanol–water partition coefficient (Wildman–Crippen LogP) is 1.14. The van der Waals surface area contributed by atoms with Crippen LogP contribution in [0.15, 0.2) is 0 Å². The Kier molecular flexibility index (Phi) is 6.38. The van der Waals surface area contributed by atoms with E-state index in [-0.39, 0.29) is 30.9 Å². The molecule has 0 aromatic carbocycles. The molecule has 2 N–H and O–H groups in total. The van der Waals surface area contributed by atoms with Crippen LogP contribution >= 0.6 is 24.2 Å². The maximum absolute atomic E-state index is 11.7. The smallest absolute Gasteiger partial charge is 0.354 e. The normalized spacial score (nSPS) is 20.9. The first-order chi connectivity index (χ1) is 6.49. The molecule has 3 nitrogen and oxygen atoms in total. The van der Waals surface area contributed by atoms with Gasteiger partial charge in [-0.2, -0.15) is 13.2 Å². The second-order valence-electron chi connectivity index (χ2n) is 2.93. The summed E-state index contributed by atoms with van der Waals surface area (Å²) < 4.78 is 35.1. The molecule has 1 amide bonds. The van der Waals surface area contributed by atoms with Gasteiger partial charge in [-0.05, 0) is 0 Å². The molecule has 1 aliphatic rings. The number of alkyl halides is 3. The van der Waals surface area contributed by atoms with Gasteiger partial charge in [-0.15, -0.1) is 24.2 Å². The Labute approximate surface area is 96.0 Å². The summed E-state index contributed by atoms with van der Waals surface area (Å²) in [6, 6.07) is -0.340. The van der Waals surface area contributed by atoms with Gasteiger partial charge in [-0.3, -0.25) is 10.1 Å². The van der Waals surface area contributed by atoms with Crippen molar-refractivity contribution >= 4 is 30.1 Å². The summed E-state index contributed by atoms with van der Waals surface area (Å²) in [4.78, 5) is 11.2. The lowest BCUT2D eigenvalue weighted by atomic mass is 10.3. The molecular weight excluding hydrogens is 253 g/mol. The van der Waals surface area contributed by atoms with Gasteiger partial charge in [-0.1, -0.05) is 0 Å². The maximum Gasteiger partial charge on any atom is 0.390 e. The van der Waals surface area contributed by atoms with E-state index in [1.54, 1.807) is 11.8 Å². The topological polar surface area (TPSA) is 41.1 Å². The summed E-state index contributed by atoms with van der Waals surface area (Å²) in [5, 5.41) is 5.12. The first-order valence-electron chi connectivity index (χ1n) is 4.14. The van der Waals surface area contributed by atoms with Gasteiger partial charge in [-0.25, -0.2) is 0 Å². The number of rotatable bonds is 3. The lowest BCUT2D eigenvalue weighted by Gasteiger charge is -2.11. The van der Waals surface area contributed by atoms with E-state index < -0.39 is 12.6 Å². The van der Waals surface area contributed by atoms with Crippen molar-refractivity contribution in [3.8, 4) is 0 Å². The van der Waals surface area contributed by atoms with E-state index in [2.05, 4.69) is 10.6 Å². The van der Waals surface area contributed by atoms with Crippen molar-refractivity contribution in [3.63, 3.8) is 0 Å². The Bertz CT molecular complexity index is 209. The van der Waals surface area contributed by atoms with Gasteiger partial charge >= 0.3 is 6.18 Å². The maximum atomic E-state index is 11.7. The number of carbonyl (C=O) groups is 1. The van der Waals surface area contributed by atoms with Crippen molar-refractivity contribution in [2.45, 2.75) is 18.6 Å². The van der Waals surface area contributed by atoms with Gasteiger partial charge in [0.15, 0.2) is 0 Å². The van der Waals surface area contributed by atoms with Crippen molar-refractivity contribution in [2.24, 2.45) is 0 Å². The summed E-state index contributed by atoms with van der Waals surface area (Å²) in [6.45, 7) is -0.342. The summed E-state index contributed by atoms with van der Waals surface area (Å²) in [7, 11) is 0. The van der Waals surface area contributed by atoms with Gasteiger partial charge in [0.05, 0.1) is 12.5 Å². The first-order valence-corrected chi connectivity index (χ1v) is 5.30. The second-order valence-corrected chi connectivity index (χ2v) is 3.96. The standard InChI is InChI=1S/C7H11F3N2OS.ClH/c8-7(9,10)1-2-11-6(13)5-3-14-4-12-5;/h5,12H,1-4H2,(H,11,13);1H. The predicted molar refractivity (Wildman–Crippen MR) is 55.2 cm³/mol. The van der Waals surface area contributed by atoms with Crippen molar-refractivity contribution < 1.29 is 18.0 Å². The van der Waals surface area contributed by atoms with Crippen molar-refractivity contribution in [1.29, 1.82) is 0 Å². The van der Waals surface area contributed by atoms with Crippen LogP contribution in [-0.2, 0) is 4.79 Å². The molecule has 0 spiro atoms. The molecule has 1 saturated heterocycles. The molecular formula is C7H12ClF3N2OS. The molecule has 1 aliphatic heterocycles. The minimum atomic E-state index is -4.20. The molecule has 1 atom stereocenters. The molecule has 15 heavy (non-hydrogen) atoms. The van der Waals surface area contributed by atoms with E-state index >= 15 is 0 Å². The minimum absolute atomic E-state index is 0. The number of carbonyl (C=O) groups excluding carboxylic acids is 1. The van der Waals surface area contributed by atoms with Crippen LogP contribution in [0.25, 0.3) is 0 Å². The van der Waals surface area contributed by atoms with E-state index in [1.807, 2.05) is 0 Å². The zero-order valence-electron chi connectivity index (χ0n) is 7.76. The molecule has 8 heteroatoms. The van der Waals surface area contributed by atoms with Crippen LogP contribution in [0.4, 0.5) is 13.2 Å². The van der Waals surface area contributed by atoms with Crippen LogP contribution in [0.3, 0.4) is 0 Å². The quantitative estimate of drug-likeness (QED) is 0.803. The molecule has 1 heterocycles. The molecule has 0 radical (unpaired) electrons. The molecule has 0 aromatic heterocycles. The van der Waals surface area contributed by atoms with Crippen LogP contribution in [0.5, 0.6) is 0 Å². The van der Waals surface area contributed by atoms with Crippen LogP contribution < -0.4 is 10.6 Å². The van der Waals surface area contributed by atoms with Crippen molar-refractivity contribution in [3.05, 3.63) is 0 Å². The average molecular weight is 265 g/mol. The number of nitrogens with one attached hydrogen (secondary N) is 2. The molecule has 90 valence electrons. The number of hydrogen-bond donors (Lipinski definition) is 2. The highest BCUT2D eigenvalue weighted by Crippen LogP contribution is 2.18. The Hall–Kier alpha value is -0.140. The Morgan fingerprint density at radius 3 is 2.67 bits per heavy atom. The molecule has 1 fully saturated rings. The number of halogens is 4. The molecule has 0 aliphatic carbocycles. The van der Waals surface area contributed by atoms with E-state index in [4.69, 9.17) is 0 Å². The third-order valence-electron chi connectivity index (χ3n) is 1.74. The third-order valence-corrected chi connectivity index (χ3v) is 2.68. The average Bonchev–Trinajstić information content (AvgIpc) is 2.53. The third kappa shape index (κ3) is 6.11. The Balaban J connectivity index is 0.00000196. The molecule has 0 saturated carbocycles. The fraction of sp³-hybridized carbons (Fsp3) is 0.857. The van der Waals surface area contributed by atoms with Gasteiger partial charge in [0.1, 0.15) is 0 Å². The monoisotopic (exact) mass is 264 g/mol. The van der Waals surface area contributed by atoms with Gasteiger partial charge in [0.25, 0.3) is 0 Å². The van der Waals surface area contributed by atoms with Crippen LogP contribution in [0.2, 0.25) is 0 Å². The fourth-order valence-electron chi connectivity index (χ4n) is 1.01. The van der Waals surface area contributed by atoms with Crippen molar-refractivity contribution in [1.82, 2.24) is 10.6 Å². The summed E-state index contributed by atoms with van der Waals surface area (Å²) in [6.07, 6.45) is -5.18. The SMILES string of the molecule is Cl.O=C(NCCC(F)(F)F)C1CSCN1. The van der Waals surface area contributed by atoms with E-state index in [9.17, 15) is 18.0 Å². The number of amides is 1. The summed E-state index contributed by atoms with van der Waals surface area (Å²) in [5.41, 5.74) is 0. The lowest BCUT2D eigenvalue weighted by Crippen LogP contribution is -2.42. The summed E-state index contributed by atoms with van der Waals surface area (Å²) in [5.74, 6) is 0.953. The molecule has 1 unspecified atom stereocenters. The molecule has 0 bridgehead atoms. The Morgan fingerprint density at radius 2 is 2.20 bits per heavy atom. The highest BCUT2D eigenvalue weighted by Gasteiger charge is 2.28. The first kappa shape index (κ1) is 14.9. The largest absolute Gasteiger partial charge is 0.390 e. The minimum Gasteiger partial charge on any atom is -0.354 e. The van der Waals surface area contributed by atoms with E-state index in [1.165, 1.54) is 0 Å². The Morgan fingerprint density at radius 1 is 1.53 bits per heavy atom. The highest BCUT2D eigenvalue weighted by atomic mass is 35.5. The van der Waals surface area contributed by atoms with Crippen molar-refractivity contribution in [2.75, 3.05) is 18.2 Å². The summed E-state index contributed by atoms with van der Waals surface area (Å²) >= 11 is 1.56. The zero-order valence-corrected chi connectivity index (χ0v) is 9.40. The van der Waals surface area contributed by atoms with E-state index in [0.717, 1.165) is 0 Å². The second kappa shape index (κ2) is 6.44. The number of thioether (sulfide) groups is 1. The fourth-order valence-corrected chi connectivity index (χ4v) is 1.96. The van der Waals surface area contributed by atoms with Crippen LogP contribution in [0, 0.1) is 0 Å². The highest BCUT2D eigenvalue weighted by molar-refractivity contribution is 7.99. The molecule has 1 rings (SSSR count). The van der Waals surface area contributed by atoms with Gasteiger partial charge < -0.3 is 5.32 Å². The zero-order chi connectivity index (χ0) is 10.6. The van der Waals surface area contributed by atoms with Crippen LogP contribution in [0.1, 0.15) is 6.42 Å². The molecule has 0 aromatic rings. The van der Waals surface area contributed by atoms with Gasteiger partial charge in [0.2, 0.25) is 5.91 Å². The number of hydrogen-bond acceptors (Lipinski definition) is 3. The van der Waals surface area contributed by atoms with Gasteiger partial charge in [0, 0.05) is 18.2 Å².